The average molecular weight is 362 g/mol. The highest BCUT2D eigenvalue weighted by molar-refractivity contribution is 5.87. The van der Waals surface area contributed by atoms with Crippen LogP contribution < -0.4 is 18.9 Å². The van der Waals surface area contributed by atoms with Crippen molar-refractivity contribution in [2.45, 2.75) is 5.92 Å². The van der Waals surface area contributed by atoms with Crippen LogP contribution in [0.2, 0.25) is 0 Å². The van der Waals surface area contributed by atoms with Gasteiger partial charge in [-0.15, -0.1) is 0 Å². The molecule has 3 aromatic carbocycles. The van der Waals surface area contributed by atoms with Gasteiger partial charge >= 0.3 is 5.97 Å². The third kappa shape index (κ3) is 3.19. The van der Waals surface area contributed by atoms with Crippen molar-refractivity contribution >= 4 is 5.97 Å². The van der Waals surface area contributed by atoms with E-state index in [0.717, 1.165) is 11.1 Å². The normalized spacial score (nSPS) is 12.4. The molecule has 0 saturated heterocycles. The van der Waals surface area contributed by atoms with Crippen molar-refractivity contribution in [2.24, 2.45) is 0 Å². The fraction of sp³-hybridized carbons (Fsp3) is 0.136. The number of carbonyl (C=O) groups is 1. The molecule has 0 amide bonds. The number of ether oxygens (including phenoxy) is 4. The summed E-state index contributed by atoms with van der Waals surface area (Å²) in [6, 6.07) is 20.0. The molecule has 0 unspecified atom stereocenters. The van der Waals surface area contributed by atoms with E-state index in [9.17, 15) is 4.79 Å². The Kier molecular flexibility index (Phi) is 4.42. The Hall–Kier alpha value is -3.47. The molecule has 136 valence electrons. The van der Waals surface area contributed by atoms with Crippen molar-refractivity contribution in [3.63, 3.8) is 0 Å². The van der Waals surface area contributed by atoms with Gasteiger partial charge in [-0.25, -0.2) is 0 Å². The van der Waals surface area contributed by atoms with Gasteiger partial charge in [0.1, 0.15) is 34.7 Å². The predicted octanol–water partition coefficient (Wildman–Crippen LogP) is 4.55. The van der Waals surface area contributed by atoms with Crippen LogP contribution in [0.5, 0.6) is 28.7 Å². The van der Waals surface area contributed by atoms with E-state index in [2.05, 4.69) is 0 Å². The maximum absolute atomic E-state index is 13.1. The number of esters is 1. The lowest BCUT2D eigenvalue weighted by atomic mass is 9.88. The zero-order valence-corrected chi connectivity index (χ0v) is 15.0. The highest BCUT2D eigenvalue weighted by Gasteiger charge is 2.34. The Balaban J connectivity index is 1.72. The summed E-state index contributed by atoms with van der Waals surface area (Å²) in [5.41, 5.74) is 1.55. The highest BCUT2D eigenvalue weighted by atomic mass is 16.5. The molecule has 5 heteroatoms. The number of hydrogen-bond donors (Lipinski definition) is 0. The standard InChI is InChI=1S/C22H18O5/c1-24-14-11-15(25-2)13-16(12-14)26-22(23)21-17-7-3-5-9-19(17)27-20-10-6-4-8-18(20)21/h3-13,21H,1-2H3. The fourth-order valence-corrected chi connectivity index (χ4v) is 3.18. The van der Waals surface area contributed by atoms with Crippen LogP contribution in [-0.4, -0.2) is 20.2 Å². The summed E-state index contributed by atoms with van der Waals surface area (Å²) >= 11 is 0. The molecular formula is C22H18O5. The quantitative estimate of drug-likeness (QED) is 0.503. The molecule has 0 aliphatic carbocycles. The molecule has 1 aliphatic rings. The summed E-state index contributed by atoms with van der Waals surface area (Å²) in [6.45, 7) is 0. The van der Waals surface area contributed by atoms with Gasteiger partial charge in [-0.1, -0.05) is 36.4 Å². The van der Waals surface area contributed by atoms with Crippen LogP contribution in [0.4, 0.5) is 0 Å². The number of methoxy groups -OCH3 is 2. The number of fused-ring (bicyclic) bond motifs is 2. The SMILES string of the molecule is COc1cc(OC)cc(OC(=O)C2c3ccccc3Oc3ccccc32)c1. The molecular weight excluding hydrogens is 344 g/mol. The molecule has 27 heavy (non-hydrogen) atoms. The molecule has 5 nitrogen and oxygen atoms in total. The van der Waals surface area contributed by atoms with Crippen LogP contribution in [0.1, 0.15) is 17.0 Å². The summed E-state index contributed by atoms with van der Waals surface area (Å²) in [6.07, 6.45) is 0. The second-order valence-electron chi connectivity index (χ2n) is 6.08. The first-order chi connectivity index (χ1) is 13.2. The summed E-state index contributed by atoms with van der Waals surface area (Å²) < 4.78 is 22.1. The van der Waals surface area contributed by atoms with Crippen LogP contribution in [-0.2, 0) is 4.79 Å². The van der Waals surface area contributed by atoms with Crippen molar-refractivity contribution in [3.05, 3.63) is 77.9 Å². The smallest absolute Gasteiger partial charge is 0.323 e. The van der Waals surface area contributed by atoms with E-state index in [4.69, 9.17) is 18.9 Å². The topological polar surface area (TPSA) is 54.0 Å². The molecule has 0 fully saturated rings. The molecule has 0 N–H and O–H groups in total. The molecule has 0 aromatic heterocycles. The summed E-state index contributed by atoms with van der Waals surface area (Å²) in [5.74, 6) is 1.78. The number of rotatable bonds is 4. The molecule has 0 saturated carbocycles. The molecule has 4 rings (SSSR count). The Morgan fingerprint density at radius 3 is 1.78 bits per heavy atom. The lowest BCUT2D eigenvalue weighted by Gasteiger charge is -2.26. The van der Waals surface area contributed by atoms with Gasteiger partial charge in [0, 0.05) is 29.3 Å². The zero-order valence-electron chi connectivity index (χ0n) is 15.0. The van der Waals surface area contributed by atoms with E-state index < -0.39 is 11.9 Å². The first kappa shape index (κ1) is 17.0. The fourth-order valence-electron chi connectivity index (χ4n) is 3.18. The Bertz CT molecular complexity index is 928. The van der Waals surface area contributed by atoms with Crippen molar-refractivity contribution in [1.82, 2.24) is 0 Å². The van der Waals surface area contributed by atoms with Gasteiger partial charge in [0.05, 0.1) is 14.2 Å². The van der Waals surface area contributed by atoms with E-state index in [-0.39, 0.29) is 0 Å². The molecule has 1 aliphatic heterocycles. The number of carbonyl (C=O) groups excluding carboxylic acids is 1. The van der Waals surface area contributed by atoms with E-state index >= 15 is 0 Å². The average Bonchev–Trinajstić information content (AvgIpc) is 2.71. The minimum Gasteiger partial charge on any atom is -0.496 e. The monoisotopic (exact) mass is 362 g/mol. The first-order valence-electron chi connectivity index (χ1n) is 8.50. The summed E-state index contributed by atoms with van der Waals surface area (Å²) in [5, 5.41) is 0. The summed E-state index contributed by atoms with van der Waals surface area (Å²) in [4.78, 5) is 13.1. The molecule has 0 bridgehead atoms. The zero-order chi connectivity index (χ0) is 18.8. The number of para-hydroxylation sites is 2. The van der Waals surface area contributed by atoms with E-state index in [1.54, 1.807) is 32.4 Å². The Labute approximate surface area is 157 Å². The lowest BCUT2D eigenvalue weighted by Crippen LogP contribution is -2.23. The predicted molar refractivity (Wildman–Crippen MR) is 100.0 cm³/mol. The van der Waals surface area contributed by atoms with Gasteiger partial charge in [-0.2, -0.15) is 0 Å². The van der Waals surface area contributed by atoms with Crippen LogP contribution >= 0.6 is 0 Å². The molecule has 3 aromatic rings. The molecule has 1 heterocycles. The highest BCUT2D eigenvalue weighted by Crippen LogP contribution is 2.44. The van der Waals surface area contributed by atoms with Crippen molar-refractivity contribution < 1.29 is 23.7 Å². The Morgan fingerprint density at radius 2 is 1.26 bits per heavy atom. The largest absolute Gasteiger partial charge is 0.496 e. The van der Waals surface area contributed by atoms with Gasteiger partial charge < -0.3 is 18.9 Å². The molecule has 0 radical (unpaired) electrons. The van der Waals surface area contributed by atoms with Crippen molar-refractivity contribution in [3.8, 4) is 28.7 Å². The third-order valence-electron chi connectivity index (χ3n) is 4.46. The number of hydrogen-bond acceptors (Lipinski definition) is 5. The first-order valence-corrected chi connectivity index (χ1v) is 8.50. The summed E-state index contributed by atoms with van der Waals surface area (Å²) in [7, 11) is 3.09. The van der Waals surface area contributed by atoms with Gasteiger partial charge in [0.25, 0.3) is 0 Å². The van der Waals surface area contributed by atoms with Crippen molar-refractivity contribution in [1.29, 1.82) is 0 Å². The van der Waals surface area contributed by atoms with Crippen LogP contribution in [0.3, 0.4) is 0 Å². The van der Waals surface area contributed by atoms with Gasteiger partial charge in [-0.05, 0) is 12.1 Å². The minimum absolute atomic E-state index is 0.359. The lowest BCUT2D eigenvalue weighted by molar-refractivity contribution is -0.135. The van der Waals surface area contributed by atoms with E-state index in [1.807, 2.05) is 48.5 Å². The van der Waals surface area contributed by atoms with Crippen LogP contribution in [0, 0.1) is 0 Å². The maximum atomic E-state index is 13.1. The van der Waals surface area contributed by atoms with Gasteiger partial charge in [0.15, 0.2) is 0 Å². The van der Waals surface area contributed by atoms with E-state index in [1.165, 1.54) is 0 Å². The van der Waals surface area contributed by atoms with E-state index in [0.29, 0.717) is 28.7 Å². The molecule has 0 spiro atoms. The van der Waals surface area contributed by atoms with Crippen LogP contribution in [0.25, 0.3) is 0 Å². The maximum Gasteiger partial charge on any atom is 0.323 e. The minimum atomic E-state index is -0.580. The van der Waals surface area contributed by atoms with Crippen LogP contribution in [0.15, 0.2) is 66.7 Å². The van der Waals surface area contributed by atoms with Gasteiger partial charge in [-0.3, -0.25) is 4.79 Å². The second-order valence-corrected chi connectivity index (χ2v) is 6.08. The second kappa shape index (κ2) is 7.03. The van der Waals surface area contributed by atoms with Crippen molar-refractivity contribution in [2.75, 3.05) is 14.2 Å². The molecule has 0 atom stereocenters. The third-order valence-corrected chi connectivity index (χ3v) is 4.46. The Morgan fingerprint density at radius 1 is 0.778 bits per heavy atom. The van der Waals surface area contributed by atoms with Gasteiger partial charge in [0.2, 0.25) is 0 Å². The number of benzene rings is 3.